The Morgan fingerprint density at radius 3 is 2.50 bits per heavy atom. The van der Waals surface area contributed by atoms with Gasteiger partial charge in [0.25, 0.3) is 5.91 Å². The fourth-order valence-electron chi connectivity index (χ4n) is 2.86. The summed E-state index contributed by atoms with van der Waals surface area (Å²) in [5.41, 5.74) is 1.29. The van der Waals surface area contributed by atoms with Gasteiger partial charge in [-0.15, -0.1) is 0 Å². The van der Waals surface area contributed by atoms with E-state index in [0.29, 0.717) is 22.8 Å². The lowest BCUT2D eigenvalue weighted by atomic mass is 10.0. The highest BCUT2D eigenvalue weighted by Crippen LogP contribution is 2.24. The maximum absolute atomic E-state index is 13.0. The largest absolute Gasteiger partial charge is 0.490 e. The molecule has 5 nitrogen and oxygen atoms in total. The SMILES string of the molecule is CC(C)Oc1ccc(Cl)cc1C(=O)NC(Cc1ccccc1)C(=O)NC1CC1. The quantitative estimate of drug-likeness (QED) is 0.709. The van der Waals surface area contributed by atoms with Crippen molar-refractivity contribution in [3.05, 3.63) is 64.7 Å². The Morgan fingerprint density at radius 1 is 1.14 bits per heavy atom. The first kappa shape index (κ1) is 20.2. The van der Waals surface area contributed by atoms with E-state index in [4.69, 9.17) is 16.3 Å². The van der Waals surface area contributed by atoms with Crippen molar-refractivity contribution in [3.63, 3.8) is 0 Å². The Bertz CT molecular complexity index is 835. The van der Waals surface area contributed by atoms with Gasteiger partial charge in [-0.05, 0) is 50.5 Å². The van der Waals surface area contributed by atoms with Crippen LogP contribution in [0.3, 0.4) is 0 Å². The Morgan fingerprint density at radius 2 is 1.86 bits per heavy atom. The molecule has 1 saturated carbocycles. The van der Waals surface area contributed by atoms with E-state index in [2.05, 4.69) is 10.6 Å². The standard InChI is InChI=1S/C22H25ClN2O3/c1-14(2)28-20-11-8-16(23)13-18(20)21(26)25-19(22(27)24-17-9-10-17)12-15-6-4-3-5-7-15/h3-8,11,13-14,17,19H,9-10,12H2,1-2H3,(H,24,27)(H,25,26). The van der Waals surface area contributed by atoms with E-state index in [-0.39, 0.29) is 24.0 Å². The number of nitrogens with one attached hydrogen (secondary N) is 2. The highest BCUT2D eigenvalue weighted by atomic mass is 35.5. The van der Waals surface area contributed by atoms with Crippen molar-refractivity contribution >= 4 is 23.4 Å². The Hall–Kier alpha value is -2.53. The summed E-state index contributed by atoms with van der Waals surface area (Å²) in [6.45, 7) is 3.77. The van der Waals surface area contributed by atoms with Gasteiger partial charge in [-0.2, -0.15) is 0 Å². The van der Waals surface area contributed by atoms with Crippen LogP contribution >= 0.6 is 11.6 Å². The molecule has 1 aliphatic carbocycles. The Balaban J connectivity index is 1.80. The van der Waals surface area contributed by atoms with Crippen LogP contribution in [-0.2, 0) is 11.2 Å². The molecule has 2 amide bonds. The lowest BCUT2D eigenvalue weighted by Crippen LogP contribution is -2.48. The molecule has 0 bridgehead atoms. The topological polar surface area (TPSA) is 67.4 Å². The first-order chi connectivity index (χ1) is 13.4. The van der Waals surface area contributed by atoms with Crippen molar-refractivity contribution in [3.8, 4) is 5.75 Å². The van der Waals surface area contributed by atoms with Gasteiger partial charge in [-0.3, -0.25) is 9.59 Å². The van der Waals surface area contributed by atoms with Crippen LogP contribution in [0.5, 0.6) is 5.75 Å². The molecule has 1 unspecified atom stereocenters. The second-order valence-electron chi connectivity index (χ2n) is 7.31. The average molecular weight is 401 g/mol. The van der Waals surface area contributed by atoms with E-state index in [1.54, 1.807) is 18.2 Å². The van der Waals surface area contributed by atoms with Gasteiger partial charge in [-0.25, -0.2) is 0 Å². The van der Waals surface area contributed by atoms with Crippen molar-refractivity contribution < 1.29 is 14.3 Å². The number of benzene rings is 2. The minimum Gasteiger partial charge on any atom is -0.490 e. The van der Waals surface area contributed by atoms with Crippen molar-refractivity contribution in [2.24, 2.45) is 0 Å². The lowest BCUT2D eigenvalue weighted by molar-refractivity contribution is -0.123. The van der Waals surface area contributed by atoms with Crippen molar-refractivity contribution in [2.45, 2.75) is 51.3 Å². The second kappa shape index (κ2) is 9.11. The van der Waals surface area contributed by atoms with Gasteiger partial charge in [0.05, 0.1) is 11.7 Å². The fourth-order valence-corrected chi connectivity index (χ4v) is 3.03. The summed E-state index contributed by atoms with van der Waals surface area (Å²) in [5, 5.41) is 6.28. The molecule has 1 fully saturated rings. The zero-order valence-electron chi connectivity index (χ0n) is 16.1. The van der Waals surface area contributed by atoms with Crippen LogP contribution in [0.4, 0.5) is 0 Å². The number of amides is 2. The highest BCUT2D eigenvalue weighted by molar-refractivity contribution is 6.31. The molecule has 2 aromatic rings. The van der Waals surface area contributed by atoms with E-state index in [1.807, 2.05) is 44.2 Å². The molecule has 0 spiro atoms. The minimum absolute atomic E-state index is 0.0917. The molecule has 0 aromatic heterocycles. The molecule has 1 aliphatic rings. The Labute approximate surface area is 170 Å². The van der Waals surface area contributed by atoms with Crippen LogP contribution in [0.15, 0.2) is 48.5 Å². The first-order valence-electron chi connectivity index (χ1n) is 9.53. The lowest BCUT2D eigenvalue weighted by Gasteiger charge is -2.20. The summed E-state index contributed by atoms with van der Waals surface area (Å²) in [6, 6.07) is 14.1. The molecular weight excluding hydrogens is 376 g/mol. The highest BCUT2D eigenvalue weighted by Gasteiger charge is 2.29. The van der Waals surface area contributed by atoms with Gasteiger partial charge in [0.15, 0.2) is 0 Å². The summed E-state index contributed by atoms with van der Waals surface area (Å²) in [7, 11) is 0. The summed E-state index contributed by atoms with van der Waals surface area (Å²) >= 11 is 6.09. The molecule has 2 N–H and O–H groups in total. The number of hydrogen-bond acceptors (Lipinski definition) is 3. The summed E-state index contributed by atoms with van der Waals surface area (Å²) in [5.74, 6) is -0.115. The smallest absolute Gasteiger partial charge is 0.255 e. The second-order valence-corrected chi connectivity index (χ2v) is 7.74. The number of rotatable bonds is 8. The van der Waals surface area contributed by atoms with Crippen LogP contribution in [-0.4, -0.2) is 30.0 Å². The maximum atomic E-state index is 13.0. The van der Waals surface area contributed by atoms with Crippen LogP contribution < -0.4 is 15.4 Å². The zero-order valence-corrected chi connectivity index (χ0v) is 16.8. The number of ether oxygens (including phenoxy) is 1. The van der Waals surface area contributed by atoms with Crippen molar-refractivity contribution in [1.29, 1.82) is 0 Å². The van der Waals surface area contributed by atoms with E-state index < -0.39 is 6.04 Å². The van der Waals surface area contributed by atoms with Gasteiger partial charge in [0.1, 0.15) is 11.8 Å². The third kappa shape index (κ3) is 5.73. The van der Waals surface area contributed by atoms with Gasteiger partial charge < -0.3 is 15.4 Å². The van der Waals surface area contributed by atoms with Gasteiger partial charge in [0.2, 0.25) is 5.91 Å². The molecule has 6 heteroatoms. The molecule has 1 atom stereocenters. The number of carbonyl (C=O) groups is 2. The predicted octanol–water partition coefficient (Wildman–Crippen LogP) is 3.75. The van der Waals surface area contributed by atoms with E-state index in [0.717, 1.165) is 18.4 Å². The molecule has 0 aliphatic heterocycles. The molecule has 0 radical (unpaired) electrons. The minimum atomic E-state index is -0.679. The molecule has 0 saturated heterocycles. The molecule has 3 rings (SSSR count). The third-order valence-corrected chi connectivity index (χ3v) is 4.61. The number of carbonyl (C=O) groups excluding carboxylic acids is 2. The van der Waals surface area contributed by atoms with Crippen molar-refractivity contribution in [2.75, 3.05) is 0 Å². The van der Waals surface area contributed by atoms with E-state index >= 15 is 0 Å². The number of halogens is 1. The summed E-state index contributed by atoms with van der Waals surface area (Å²) in [6.07, 6.45) is 2.29. The van der Waals surface area contributed by atoms with Gasteiger partial charge in [-0.1, -0.05) is 41.9 Å². The zero-order chi connectivity index (χ0) is 20.1. The fraction of sp³-hybridized carbons (Fsp3) is 0.364. The molecular formula is C22H25ClN2O3. The number of hydrogen-bond donors (Lipinski definition) is 2. The summed E-state index contributed by atoms with van der Waals surface area (Å²) in [4.78, 5) is 25.7. The van der Waals surface area contributed by atoms with E-state index in [9.17, 15) is 9.59 Å². The monoisotopic (exact) mass is 400 g/mol. The molecule has 2 aromatic carbocycles. The predicted molar refractivity (Wildman–Crippen MR) is 110 cm³/mol. The maximum Gasteiger partial charge on any atom is 0.255 e. The van der Waals surface area contributed by atoms with E-state index in [1.165, 1.54) is 0 Å². The van der Waals surface area contributed by atoms with Gasteiger partial charge in [0, 0.05) is 17.5 Å². The van der Waals surface area contributed by atoms with Gasteiger partial charge >= 0.3 is 0 Å². The van der Waals surface area contributed by atoms with Crippen LogP contribution in [0, 0.1) is 0 Å². The first-order valence-corrected chi connectivity index (χ1v) is 9.91. The third-order valence-electron chi connectivity index (χ3n) is 4.38. The van der Waals surface area contributed by atoms with Crippen LogP contribution in [0.25, 0.3) is 0 Å². The average Bonchev–Trinajstić information content (AvgIpc) is 3.47. The molecule has 28 heavy (non-hydrogen) atoms. The normalized spacial score (nSPS) is 14.4. The molecule has 148 valence electrons. The van der Waals surface area contributed by atoms with Crippen LogP contribution in [0.2, 0.25) is 5.02 Å². The Kier molecular flexibility index (Phi) is 6.57. The summed E-state index contributed by atoms with van der Waals surface area (Å²) < 4.78 is 5.74. The van der Waals surface area contributed by atoms with Crippen molar-refractivity contribution in [1.82, 2.24) is 10.6 Å². The van der Waals surface area contributed by atoms with Crippen LogP contribution in [0.1, 0.15) is 42.6 Å². The molecule has 0 heterocycles.